The van der Waals surface area contributed by atoms with Gasteiger partial charge in [-0.05, 0) is 42.8 Å². The molecule has 2 aromatic rings. The van der Waals surface area contributed by atoms with Crippen molar-refractivity contribution in [3.05, 3.63) is 56.0 Å². The molecule has 26 heavy (non-hydrogen) atoms. The molecule has 2 rings (SSSR count). The first-order chi connectivity index (χ1) is 12.6. The van der Waals surface area contributed by atoms with E-state index >= 15 is 0 Å². The Morgan fingerprint density at radius 2 is 1.81 bits per heavy atom. The highest BCUT2D eigenvalue weighted by Gasteiger charge is 2.12. The first-order valence-corrected chi connectivity index (χ1v) is 9.73. The van der Waals surface area contributed by atoms with Gasteiger partial charge < -0.3 is 19.5 Å². The second kappa shape index (κ2) is 11.0. The van der Waals surface area contributed by atoms with Crippen molar-refractivity contribution < 1.29 is 14.2 Å². The van der Waals surface area contributed by atoms with Crippen molar-refractivity contribution in [1.82, 2.24) is 5.32 Å². The number of nitrogens with one attached hydrogen (secondary N) is 1. The lowest BCUT2D eigenvalue weighted by Gasteiger charge is -2.15. The molecule has 0 aliphatic carbocycles. The smallest absolute Gasteiger partial charge is 0.162 e. The number of halogens is 3. The number of benzene rings is 2. The van der Waals surface area contributed by atoms with Crippen LogP contribution in [0.2, 0.25) is 10.0 Å². The van der Waals surface area contributed by atoms with Crippen molar-refractivity contribution in [3.63, 3.8) is 0 Å². The first kappa shape index (κ1) is 21.3. The number of ether oxygens (including phenoxy) is 3. The van der Waals surface area contributed by atoms with E-state index in [-0.39, 0.29) is 6.61 Å². The van der Waals surface area contributed by atoms with Gasteiger partial charge in [-0.25, -0.2) is 0 Å². The molecule has 0 unspecified atom stereocenters. The fourth-order valence-electron chi connectivity index (χ4n) is 2.37. The van der Waals surface area contributed by atoms with Crippen LogP contribution < -0.4 is 14.8 Å². The third kappa shape index (κ3) is 6.03. The summed E-state index contributed by atoms with van der Waals surface area (Å²) >= 11 is 16.0. The lowest BCUT2D eigenvalue weighted by Crippen LogP contribution is -2.16. The van der Waals surface area contributed by atoms with Crippen molar-refractivity contribution in [2.24, 2.45) is 0 Å². The fourth-order valence-corrected chi connectivity index (χ4v) is 3.34. The molecular weight excluding hydrogens is 441 g/mol. The van der Waals surface area contributed by atoms with Crippen LogP contribution in [-0.2, 0) is 17.9 Å². The molecule has 0 spiro atoms. The van der Waals surface area contributed by atoms with E-state index in [0.717, 1.165) is 41.7 Å². The molecule has 4 nitrogen and oxygen atoms in total. The molecule has 0 bridgehead atoms. The molecule has 142 valence electrons. The Hall–Kier alpha value is -0.980. The van der Waals surface area contributed by atoms with E-state index in [1.54, 1.807) is 32.4 Å². The molecular formula is C19H22BrCl2NO3. The summed E-state index contributed by atoms with van der Waals surface area (Å²) in [6, 6.07) is 9.24. The van der Waals surface area contributed by atoms with Crippen LogP contribution in [0.25, 0.3) is 0 Å². The second-order valence-electron chi connectivity index (χ2n) is 5.61. The topological polar surface area (TPSA) is 39.7 Å². The van der Waals surface area contributed by atoms with Gasteiger partial charge in [0.25, 0.3) is 0 Å². The van der Waals surface area contributed by atoms with E-state index in [1.165, 1.54) is 0 Å². The van der Waals surface area contributed by atoms with E-state index in [9.17, 15) is 0 Å². The predicted octanol–water partition coefficient (Wildman–Crippen LogP) is 5.47. The highest BCUT2D eigenvalue weighted by molar-refractivity contribution is 9.10. The molecule has 1 N–H and O–H groups in total. The number of hydrogen-bond acceptors (Lipinski definition) is 4. The Morgan fingerprint density at radius 1 is 1.08 bits per heavy atom. The van der Waals surface area contributed by atoms with Gasteiger partial charge in [-0.15, -0.1) is 0 Å². The van der Waals surface area contributed by atoms with E-state index < -0.39 is 0 Å². The molecule has 0 aliphatic heterocycles. The van der Waals surface area contributed by atoms with Crippen molar-refractivity contribution in [2.45, 2.75) is 19.6 Å². The van der Waals surface area contributed by atoms with Gasteiger partial charge in [-0.3, -0.25) is 0 Å². The van der Waals surface area contributed by atoms with Crippen LogP contribution in [0.15, 0.2) is 34.8 Å². The lowest BCUT2D eigenvalue weighted by molar-refractivity contribution is 0.194. The van der Waals surface area contributed by atoms with Gasteiger partial charge in [0.2, 0.25) is 0 Å². The van der Waals surface area contributed by atoms with Crippen LogP contribution in [0.5, 0.6) is 11.5 Å². The molecule has 0 aliphatic rings. The Labute approximate surface area is 172 Å². The quantitative estimate of drug-likeness (QED) is 0.475. The van der Waals surface area contributed by atoms with Crippen LogP contribution in [0.1, 0.15) is 17.5 Å². The number of methoxy groups -OCH3 is 2. The molecule has 0 radical (unpaired) electrons. The molecule has 0 heterocycles. The average Bonchev–Trinajstić information content (AvgIpc) is 2.62. The van der Waals surface area contributed by atoms with E-state index in [1.807, 2.05) is 12.1 Å². The highest BCUT2D eigenvalue weighted by atomic mass is 79.9. The third-order valence-electron chi connectivity index (χ3n) is 3.78. The Morgan fingerprint density at radius 3 is 2.46 bits per heavy atom. The Bertz CT molecular complexity index is 708. The van der Waals surface area contributed by atoms with Gasteiger partial charge in [-0.2, -0.15) is 0 Å². The van der Waals surface area contributed by atoms with Crippen molar-refractivity contribution in [1.29, 1.82) is 0 Å². The predicted molar refractivity (Wildman–Crippen MR) is 110 cm³/mol. The number of rotatable bonds is 10. The lowest BCUT2D eigenvalue weighted by atomic mass is 10.2. The molecule has 0 aromatic heterocycles. The summed E-state index contributed by atoms with van der Waals surface area (Å²) in [7, 11) is 3.32. The second-order valence-corrected chi connectivity index (χ2v) is 7.28. The number of hydrogen-bond donors (Lipinski definition) is 1. The summed E-state index contributed by atoms with van der Waals surface area (Å²) in [4.78, 5) is 0. The van der Waals surface area contributed by atoms with E-state index in [0.29, 0.717) is 21.5 Å². The Kier molecular flexibility index (Phi) is 9.02. The van der Waals surface area contributed by atoms with Crippen molar-refractivity contribution in [3.8, 4) is 11.5 Å². The average molecular weight is 463 g/mol. The molecule has 7 heteroatoms. The summed E-state index contributed by atoms with van der Waals surface area (Å²) in [6.07, 6.45) is 0.963. The van der Waals surface area contributed by atoms with Gasteiger partial charge in [0.1, 0.15) is 6.61 Å². The van der Waals surface area contributed by atoms with Crippen LogP contribution in [0.3, 0.4) is 0 Å². The SMILES string of the molecule is COCCCNCc1cc(OC)c(OCc2c(Cl)cccc2Cl)cc1Br. The summed E-state index contributed by atoms with van der Waals surface area (Å²) in [5.41, 5.74) is 1.83. The molecule has 0 saturated carbocycles. The molecule has 2 aromatic carbocycles. The fraction of sp³-hybridized carbons (Fsp3) is 0.368. The molecule has 0 saturated heterocycles. The Balaban J connectivity index is 2.06. The summed E-state index contributed by atoms with van der Waals surface area (Å²) in [5, 5.41) is 4.53. The van der Waals surface area contributed by atoms with Gasteiger partial charge >= 0.3 is 0 Å². The van der Waals surface area contributed by atoms with Gasteiger partial charge in [-0.1, -0.05) is 45.2 Å². The standard InChI is InChI=1S/C19H22BrCl2NO3/c1-24-8-4-7-23-11-13-9-18(25-2)19(10-15(13)20)26-12-14-16(21)5-3-6-17(14)22/h3,5-6,9-10,23H,4,7-8,11-12H2,1-2H3. The minimum absolute atomic E-state index is 0.260. The zero-order chi connectivity index (χ0) is 18.9. The highest BCUT2D eigenvalue weighted by Crippen LogP contribution is 2.35. The van der Waals surface area contributed by atoms with E-state index in [4.69, 9.17) is 37.4 Å². The maximum atomic E-state index is 6.20. The van der Waals surface area contributed by atoms with Crippen LogP contribution in [-0.4, -0.2) is 27.4 Å². The molecule has 0 atom stereocenters. The largest absolute Gasteiger partial charge is 0.493 e. The van der Waals surface area contributed by atoms with Gasteiger partial charge in [0.05, 0.1) is 7.11 Å². The maximum Gasteiger partial charge on any atom is 0.162 e. The van der Waals surface area contributed by atoms with Crippen LogP contribution in [0.4, 0.5) is 0 Å². The van der Waals surface area contributed by atoms with Crippen LogP contribution >= 0.6 is 39.1 Å². The summed E-state index contributed by atoms with van der Waals surface area (Å²) in [5.74, 6) is 1.28. The van der Waals surface area contributed by atoms with Crippen molar-refractivity contribution in [2.75, 3.05) is 27.4 Å². The minimum atomic E-state index is 0.260. The zero-order valence-corrected chi connectivity index (χ0v) is 17.9. The van der Waals surface area contributed by atoms with Gasteiger partial charge in [0.15, 0.2) is 11.5 Å². The maximum absolute atomic E-state index is 6.20. The summed E-state index contributed by atoms with van der Waals surface area (Å²) in [6.45, 7) is 2.61. The van der Waals surface area contributed by atoms with Gasteiger partial charge in [0, 0.05) is 40.3 Å². The minimum Gasteiger partial charge on any atom is -0.493 e. The monoisotopic (exact) mass is 461 g/mol. The summed E-state index contributed by atoms with van der Waals surface area (Å²) < 4.78 is 17.4. The molecule has 0 amide bonds. The van der Waals surface area contributed by atoms with E-state index in [2.05, 4.69) is 21.2 Å². The molecule has 0 fully saturated rings. The normalized spacial score (nSPS) is 10.8. The zero-order valence-electron chi connectivity index (χ0n) is 14.8. The van der Waals surface area contributed by atoms with Crippen LogP contribution in [0, 0.1) is 0 Å². The third-order valence-corrected chi connectivity index (χ3v) is 5.23. The van der Waals surface area contributed by atoms with Crippen molar-refractivity contribution >= 4 is 39.1 Å². The first-order valence-electron chi connectivity index (χ1n) is 8.18.